The molecule has 0 radical (unpaired) electrons. The minimum atomic E-state index is 0.496. The van der Waals surface area contributed by atoms with Gasteiger partial charge < -0.3 is 0 Å². The third-order valence-electron chi connectivity index (χ3n) is 2.32. The monoisotopic (exact) mass is 254 g/mol. The van der Waals surface area contributed by atoms with E-state index < -0.39 is 0 Å². The van der Waals surface area contributed by atoms with Gasteiger partial charge in [0.05, 0.1) is 27.5 Å². The molecule has 0 spiro atoms. The van der Waals surface area contributed by atoms with Crippen molar-refractivity contribution >= 4 is 29.5 Å². The second-order valence-electron chi connectivity index (χ2n) is 3.29. The molecule has 1 aromatic carbocycles. The van der Waals surface area contributed by atoms with E-state index in [-0.39, 0.29) is 0 Å². The number of para-hydroxylation sites is 1. The SMILES string of the molecule is Cc1c(C=O)cnn1-c1c(Cl)cccc1Cl. The second kappa shape index (κ2) is 4.28. The van der Waals surface area contributed by atoms with Gasteiger partial charge in [0.2, 0.25) is 0 Å². The zero-order chi connectivity index (χ0) is 11.7. The minimum absolute atomic E-state index is 0.496. The Hall–Kier alpha value is -1.32. The highest BCUT2D eigenvalue weighted by Gasteiger charge is 2.13. The fraction of sp³-hybridized carbons (Fsp3) is 0.0909. The van der Waals surface area contributed by atoms with Gasteiger partial charge in [-0.1, -0.05) is 29.3 Å². The molecule has 0 aliphatic carbocycles. The summed E-state index contributed by atoms with van der Waals surface area (Å²) in [5.74, 6) is 0. The second-order valence-corrected chi connectivity index (χ2v) is 4.10. The molecular formula is C11H8Cl2N2O. The molecule has 0 amide bonds. The van der Waals surface area contributed by atoms with E-state index in [4.69, 9.17) is 23.2 Å². The van der Waals surface area contributed by atoms with Gasteiger partial charge in [-0.3, -0.25) is 4.79 Å². The highest BCUT2D eigenvalue weighted by Crippen LogP contribution is 2.29. The first kappa shape index (κ1) is 11.2. The summed E-state index contributed by atoms with van der Waals surface area (Å²) in [5.41, 5.74) is 1.83. The number of rotatable bonds is 2. The largest absolute Gasteiger partial charge is 0.298 e. The van der Waals surface area contributed by atoms with Gasteiger partial charge in [-0.15, -0.1) is 0 Å². The van der Waals surface area contributed by atoms with Gasteiger partial charge in [0, 0.05) is 0 Å². The van der Waals surface area contributed by atoms with Crippen molar-refractivity contribution in [1.82, 2.24) is 9.78 Å². The summed E-state index contributed by atoms with van der Waals surface area (Å²) in [6, 6.07) is 5.21. The Balaban J connectivity index is 2.67. The highest BCUT2D eigenvalue weighted by atomic mass is 35.5. The molecule has 0 N–H and O–H groups in total. The molecule has 2 aromatic rings. The van der Waals surface area contributed by atoms with Gasteiger partial charge in [-0.05, 0) is 19.1 Å². The lowest BCUT2D eigenvalue weighted by molar-refractivity contribution is 0.112. The van der Waals surface area contributed by atoms with Crippen LogP contribution in [0.25, 0.3) is 5.69 Å². The summed E-state index contributed by atoms with van der Waals surface area (Å²) < 4.78 is 1.56. The summed E-state index contributed by atoms with van der Waals surface area (Å²) in [4.78, 5) is 10.7. The molecule has 0 atom stereocenters. The van der Waals surface area contributed by atoms with E-state index >= 15 is 0 Å². The summed E-state index contributed by atoms with van der Waals surface area (Å²) in [6.45, 7) is 1.79. The smallest absolute Gasteiger partial charge is 0.153 e. The Morgan fingerprint density at radius 1 is 1.31 bits per heavy atom. The van der Waals surface area contributed by atoms with Gasteiger partial charge in [0.25, 0.3) is 0 Å². The van der Waals surface area contributed by atoms with E-state index in [9.17, 15) is 4.79 Å². The van der Waals surface area contributed by atoms with Crippen LogP contribution in [0.2, 0.25) is 10.0 Å². The molecule has 0 aliphatic heterocycles. The number of benzene rings is 1. The van der Waals surface area contributed by atoms with Gasteiger partial charge in [-0.25, -0.2) is 4.68 Å². The molecule has 16 heavy (non-hydrogen) atoms. The van der Waals surface area contributed by atoms with Crippen molar-refractivity contribution in [1.29, 1.82) is 0 Å². The van der Waals surface area contributed by atoms with Crippen molar-refractivity contribution < 1.29 is 4.79 Å². The van der Waals surface area contributed by atoms with E-state index in [1.807, 2.05) is 0 Å². The molecule has 1 heterocycles. The zero-order valence-electron chi connectivity index (χ0n) is 8.45. The summed E-state index contributed by atoms with van der Waals surface area (Å²) in [5, 5.41) is 5.09. The number of aldehydes is 1. The number of aromatic nitrogens is 2. The highest BCUT2D eigenvalue weighted by molar-refractivity contribution is 6.37. The maximum Gasteiger partial charge on any atom is 0.153 e. The quantitative estimate of drug-likeness (QED) is 0.771. The molecule has 3 nitrogen and oxygen atoms in total. The first-order valence-corrected chi connectivity index (χ1v) is 5.35. The molecule has 82 valence electrons. The molecule has 0 unspecified atom stereocenters. The van der Waals surface area contributed by atoms with Crippen molar-refractivity contribution in [2.75, 3.05) is 0 Å². The van der Waals surface area contributed by atoms with Gasteiger partial charge in [0.1, 0.15) is 5.69 Å². The normalized spacial score (nSPS) is 10.4. The van der Waals surface area contributed by atoms with E-state index in [1.165, 1.54) is 6.20 Å². The topological polar surface area (TPSA) is 34.9 Å². The molecule has 2 rings (SSSR count). The first-order chi connectivity index (χ1) is 7.65. The Labute approximate surface area is 103 Å². The van der Waals surface area contributed by atoms with Gasteiger partial charge >= 0.3 is 0 Å². The average Bonchev–Trinajstić information content (AvgIpc) is 2.60. The van der Waals surface area contributed by atoms with Crippen molar-refractivity contribution in [3.8, 4) is 5.69 Å². The maximum absolute atomic E-state index is 10.7. The van der Waals surface area contributed by atoms with Crippen LogP contribution in [0.15, 0.2) is 24.4 Å². The van der Waals surface area contributed by atoms with Gasteiger partial charge in [-0.2, -0.15) is 5.10 Å². The maximum atomic E-state index is 10.7. The Bertz CT molecular complexity index is 529. The van der Waals surface area contributed by atoms with E-state index in [1.54, 1.807) is 29.8 Å². The van der Waals surface area contributed by atoms with Crippen molar-refractivity contribution in [3.63, 3.8) is 0 Å². The number of nitrogens with zero attached hydrogens (tertiary/aromatic N) is 2. The lowest BCUT2D eigenvalue weighted by atomic mass is 10.2. The van der Waals surface area contributed by atoms with Crippen LogP contribution < -0.4 is 0 Å². The number of hydrogen-bond acceptors (Lipinski definition) is 2. The van der Waals surface area contributed by atoms with Crippen molar-refractivity contribution in [2.24, 2.45) is 0 Å². The van der Waals surface area contributed by atoms with Crippen LogP contribution in [-0.2, 0) is 0 Å². The van der Waals surface area contributed by atoms with Crippen LogP contribution >= 0.6 is 23.2 Å². The fourth-order valence-corrected chi connectivity index (χ4v) is 2.01. The van der Waals surface area contributed by atoms with E-state index in [2.05, 4.69) is 5.10 Å². The minimum Gasteiger partial charge on any atom is -0.298 e. The molecule has 0 saturated heterocycles. The van der Waals surface area contributed by atoms with Crippen LogP contribution in [0.1, 0.15) is 16.1 Å². The zero-order valence-corrected chi connectivity index (χ0v) is 9.96. The van der Waals surface area contributed by atoms with Gasteiger partial charge in [0.15, 0.2) is 6.29 Å². The third kappa shape index (κ3) is 1.72. The van der Waals surface area contributed by atoms with E-state index in [0.29, 0.717) is 27.0 Å². The third-order valence-corrected chi connectivity index (χ3v) is 2.93. The number of carbonyl (C=O) groups excluding carboxylic acids is 1. The lowest BCUT2D eigenvalue weighted by Gasteiger charge is -2.08. The molecule has 0 bridgehead atoms. The summed E-state index contributed by atoms with van der Waals surface area (Å²) in [7, 11) is 0. The Kier molecular flexibility index (Phi) is 2.99. The van der Waals surface area contributed by atoms with Crippen molar-refractivity contribution in [3.05, 3.63) is 45.7 Å². The molecule has 0 fully saturated rings. The van der Waals surface area contributed by atoms with Crippen LogP contribution in [0.4, 0.5) is 0 Å². The predicted octanol–water partition coefficient (Wildman–Crippen LogP) is 3.30. The van der Waals surface area contributed by atoms with Crippen LogP contribution in [-0.4, -0.2) is 16.1 Å². The molecule has 0 saturated carbocycles. The van der Waals surface area contributed by atoms with Crippen molar-refractivity contribution in [2.45, 2.75) is 6.92 Å². The molecule has 5 heteroatoms. The fourth-order valence-electron chi connectivity index (χ4n) is 1.45. The predicted molar refractivity (Wildman–Crippen MR) is 63.7 cm³/mol. The lowest BCUT2D eigenvalue weighted by Crippen LogP contribution is -2.01. The Morgan fingerprint density at radius 3 is 2.44 bits per heavy atom. The molecular weight excluding hydrogens is 247 g/mol. The summed E-state index contributed by atoms with van der Waals surface area (Å²) in [6.07, 6.45) is 2.24. The standard InChI is InChI=1S/C11H8Cl2N2O/c1-7-8(6-16)5-14-15(7)11-9(12)3-2-4-10(11)13/h2-6H,1H3. The van der Waals surface area contributed by atoms with Crippen LogP contribution in [0, 0.1) is 6.92 Å². The Morgan fingerprint density at radius 2 is 1.94 bits per heavy atom. The molecule has 0 aliphatic rings. The summed E-state index contributed by atoms with van der Waals surface area (Å²) >= 11 is 12.1. The number of carbonyl (C=O) groups is 1. The van der Waals surface area contributed by atoms with E-state index in [0.717, 1.165) is 6.29 Å². The average molecular weight is 255 g/mol. The van der Waals surface area contributed by atoms with Crippen LogP contribution in [0.5, 0.6) is 0 Å². The number of halogens is 2. The van der Waals surface area contributed by atoms with Crippen LogP contribution in [0.3, 0.4) is 0 Å². The number of hydrogen-bond donors (Lipinski definition) is 0. The molecule has 1 aromatic heterocycles. The first-order valence-electron chi connectivity index (χ1n) is 4.59.